The second kappa shape index (κ2) is 6.40. The van der Waals surface area contributed by atoms with Crippen LogP contribution < -0.4 is 0 Å². The van der Waals surface area contributed by atoms with Gasteiger partial charge in [0.2, 0.25) is 0 Å². The molecule has 2 atom stereocenters. The van der Waals surface area contributed by atoms with E-state index in [-0.39, 0.29) is 11.9 Å². The number of carbonyl (C=O) groups is 1. The quantitative estimate of drug-likeness (QED) is 0.821. The fourth-order valence-electron chi connectivity index (χ4n) is 3.90. The lowest BCUT2D eigenvalue weighted by Gasteiger charge is -2.37. The highest BCUT2D eigenvalue weighted by molar-refractivity contribution is 5.97. The van der Waals surface area contributed by atoms with E-state index in [0.717, 1.165) is 43.0 Å². The second-order valence-electron chi connectivity index (χ2n) is 7.24. The maximum absolute atomic E-state index is 12.9. The van der Waals surface area contributed by atoms with E-state index in [2.05, 4.69) is 26.8 Å². The van der Waals surface area contributed by atoms with Crippen LogP contribution in [-0.4, -0.2) is 94.1 Å². The number of aliphatic hydroxyl groups excluding tert-OH is 1. The number of nitrogens with one attached hydrogen (secondary N) is 1. The van der Waals surface area contributed by atoms with Crippen LogP contribution in [0.1, 0.15) is 16.2 Å². The Bertz CT molecular complexity index is 781. The van der Waals surface area contributed by atoms with E-state index in [0.29, 0.717) is 18.7 Å². The number of likely N-dealkylation sites (tertiary alicyclic amines) is 1. The molecule has 0 spiro atoms. The molecule has 2 aliphatic heterocycles. The van der Waals surface area contributed by atoms with E-state index in [1.165, 1.54) is 0 Å². The smallest absolute Gasteiger partial charge is 0.254 e. The number of β-amino-alcohol motifs (C(OH)–C–C–N with tert-alkyl or cyclic N) is 1. The Labute approximate surface area is 147 Å². The molecule has 2 aromatic rings. The predicted octanol–water partition coefficient (Wildman–Crippen LogP) is 0.304. The van der Waals surface area contributed by atoms with Crippen molar-refractivity contribution in [1.29, 1.82) is 0 Å². The highest BCUT2D eigenvalue weighted by Gasteiger charge is 2.38. The molecule has 3 heterocycles. The summed E-state index contributed by atoms with van der Waals surface area (Å²) in [5.74, 6) is 0.816. The number of aromatic nitrogens is 2. The van der Waals surface area contributed by atoms with Gasteiger partial charge in [0, 0.05) is 44.8 Å². The maximum Gasteiger partial charge on any atom is 0.254 e. The highest BCUT2D eigenvalue weighted by Crippen LogP contribution is 2.21. The van der Waals surface area contributed by atoms with Crippen LogP contribution in [0.25, 0.3) is 11.0 Å². The molecule has 2 fully saturated rings. The average Bonchev–Trinajstić information content (AvgIpc) is 3.16. The van der Waals surface area contributed by atoms with Gasteiger partial charge in [0.15, 0.2) is 0 Å². The Morgan fingerprint density at radius 1 is 1.24 bits per heavy atom. The number of hydrogen-bond acceptors (Lipinski definition) is 5. The zero-order valence-corrected chi connectivity index (χ0v) is 14.8. The molecule has 1 aromatic carbocycles. The van der Waals surface area contributed by atoms with E-state index >= 15 is 0 Å². The number of nitrogens with zero attached hydrogens (tertiary/aromatic N) is 4. The molecule has 1 amide bonds. The van der Waals surface area contributed by atoms with Gasteiger partial charge in [-0.15, -0.1) is 0 Å². The van der Waals surface area contributed by atoms with Gasteiger partial charge in [0.25, 0.3) is 5.91 Å². The molecule has 25 heavy (non-hydrogen) atoms. The number of fused-ring (bicyclic) bond motifs is 1. The summed E-state index contributed by atoms with van der Waals surface area (Å²) in [4.78, 5) is 26.8. The molecule has 0 unspecified atom stereocenters. The van der Waals surface area contributed by atoms with E-state index in [1.54, 1.807) is 4.90 Å². The van der Waals surface area contributed by atoms with Gasteiger partial charge in [-0.2, -0.15) is 0 Å². The van der Waals surface area contributed by atoms with E-state index in [1.807, 2.05) is 25.1 Å². The van der Waals surface area contributed by atoms with Gasteiger partial charge >= 0.3 is 0 Å². The Kier molecular flexibility index (Phi) is 4.23. The molecule has 1 aromatic heterocycles. The fraction of sp³-hybridized carbons (Fsp3) is 0.556. The molecule has 7 nitrogen and oxygen atoms in total. The summed E-state index contributed by atoms with van der Waals surface area (Å²) >= 11 is 0. The molecule has 2 aliphatic rings. The van der Waals surface area contributed by atoms with Crippen molar-refractivity contribution in [3.05, 3.63) is 29.6 Å². The molecular weight excluding hydrogens is 318 g/mol. The lowest BCUT2D eigenvalue weighted by atomic mass is 10.1. The van der Waals surface area contributed by atoms with Crippen LogP contribution in [0.15, 0.2) is 18.2 Å². The van der Waals surface area contributed by atoms with Crippen LogP contribution in [0.4, 0.5) is 0 Å². The van der Waals surface area contributed by atoms with Crippen LogP contribution in [0.5, 0.6) is 0 Å². The topological polar surface area (TPSA) is 75.7 Å². The first-order valence-corrected chi connectivity index (χ1v) is 8.87. The monoisotopic (exact) mass is 343 g/mol. The summed E-state index contributed by atoms with van der Waals surface area (Å²) in [5.41, 5.74) is 2.38. The van der Waals surface area contributed by atoms with Gasteiger partial charge in [-0.1, -0.05) is 0 Å². The number of aromatic amines is 1. The summed E-state index contributed by atoms with van der Waals surface area (Å²) < 4.78 is 0. The number of hydrogen-bond donors (Lipinski definition) is 2. The minimum absolute atomic E-state index is 0.0233. The van der Waals surface area contributed by atoms with Crippen LogP contribution in [-0.2, 0) is 0 Å². The first-order chi connectivity index (χ1) is 12.0. The Morgan fingerprint density at radius 2 is 2.00 bits per heavy atom. The van der Waals surface area contributed by atoms with Crippen molar-refractivity contribution >= 4 is 16.9 Å². The Morgan fingerprint density at radius 3 is 2.76 bits per heavy atom. The summed E-state index contributed by atoms with van der Waals surface area (Å²) in [6, 6.07) is 5.58. The number of aliphatic hydroxyl groups is 1. The van der Waals surface area contributed by atoms with Gasteiger partial charge in [-0.3, -0.25) is 9.69 Å². The van der Waals surface area contributed by atoms with Crippen molar-refractivity contribution in [2.45, 2.75) is 19.1 Å². The number of benzene rings is 1. The molecule has 2 N–H and O–H groups in total. The van der Waals surface area contributed by atoms with Gasteiger partial charge in [0.05, 0.1) is 23.2 Å². The van der Waals surface area contributed by atoms with Crippen molar-refractivity contribution in [1.82, 2.24) is 24.7 Å². The molecule has 0 aliphatic carbocycles. The van der Waals surface area contributed by atoms with Crippen LogP contribution >= 0.6 is 0 Å². The van der Waals surface area contributed by atoms with Crippen LogP contribution in [0.2, 0.25) is 0 Å². The molecule has 0 radical (unpaired) electrons. The lowest BCUT2D eigenvalue weighted by molar-refractivity contribution is 0.0512. The Balaban J connectivity index is 1.48. The number of aryl methyl sites for hydroxylation is 1. The second-order valence-corrected chi connectivity index (χ2v) is 7.24. The third kappa shape index (κ3) is 3.15. The molecule has 0 bridgehead atoms. The summed E-state index contributed by atoms with van der Waals surface area (Å²) in [7, 11) is 2.12. The number of carbonyl (C=O) groups excluding carboxylic acids is 1. The SMILES string of the molecule is Cc1nc2ccc(C(=O)N3C[C@@H](O)[C@H](N4CCN(C)CC4)C3)cc2[nH]1. The van der Waals surface area contributed by atoms with Gasteiger partial charge < -0.3 is 19.9 Å². The first-order valence-electron chi connectivity index (χ1n) is 8.87. The normalized spacial score (nSPS) is 25.8. The molecule has 2 saturated heterocycles. The predicted molar refractivity (Wildman–Crippen MR) is 95.6 cm³/mol. The Hall–Kier alpha value is -1.96. The van der Waals surface area contributed by atoms with Crippen LogP contribution in [0.3, 0.4) is 0 Å². The number of imidazole rings is 1. The van der Waals surface area contributed by atoms with E-state index < -0.39 is 6.10 Å². The number of likely N-dealkylation sites (N-methyl/N-ethyl adjacent to an activating group) is 1. The zero-order valence-electron chi connectivity index (χ0n) is 14.8. The number of piperazine rings is 1. The van der Waals surface area contributed by atoms with Gasteiger partial charge in [0.1, 0.15) is 5.82 Å². The minimum Gasteiger partial charge on any atom is -0.390 e. The number of H-pyrrole nitrogens is 1. The zero-order chi connectivity index (χ0) is 17.6. The standard InChI is InChI=1S/C18H25N5O2/c1-12-19-14-4-3-13(9-15(14)20-12)18(25)23-10-16(17(24)11-23)22-7-5-21(2)6-8-22/h3-4,9,16-17,24H,5-8,10-11H2,1-2H3,(H,19,20)/t16-,17-/m1/s1. The van der Waals surface area contributed by atoms with E-state index in [9.17, 15) is 9.90 Å². The molecular formula is C18H25N5O2. The van der Waals surface area contributed by atoms with Crippen LogP contribution in [0, 0.1) is 6.92 Å². The number of amides is 1. The summed E-state index contributed by atoms with van der Waals surface area (Å²) in [6.45, 7) is 6.79. The summed E-state index contributed by atoms with van der Waals surface area (Å²) in [5, 5.41) is 10.5. The molecule has 4 rings (SSSR count). The third-order valence-corrected chi connectivity index (χ3v) is 5.40. The molecule has 134 valence electrons. The minimum atomic E-state index is -0.481. The summed E-state index contributed by atoms with van der Waals surface area (Å²) in [6.07, 6.45) is -0.481. The molecule has 7 heteroatoms. The van der Waals surface area contributed by atoms with E-state index in [4.69, 9.17) is 0 Å². The largest absolute Gasteiger partial charge is 0.390 e. The van der Waals surface area contributed by atoms with Crippen molar-refractivity contribution in [2.24, 2.45) is 0 Å². The lowest BCUT2D eigenvalue weighted by Crippen LogP contribution is -2.52. The van der Waals surface area contributed by atoms with Gasteiger partial charge in [-0.05, 0) is 32.2 Å². The van der Waals surface area contributed by atoms with Crippen molar-refractivity contribution in [3.8, 4) is 0 Å². The van der Waals surface area contributed by atoms with Crippen molar-refractivity contribution < 1.29 is 9.90 Å². The first kappa shape index (κ1) is 16.5. The maximum atomic E-state index is 12.9. The fourth-order valence-corrected chi connectivity index (χ4v) is 3.90. The molecule has 0 saturated carbocycles. The van der Waals surface area contributed by atoms with Gasteiger partial charge in [-0.25, -0.2) is 4.98 Å². The van der Waals surface area contributed by atoms with Crippen molar-refractivity contribution in [2.75, 3.05) is 46.3 Å². The number of rotatable bonds is 2. The average molecular weight is 343 g/mol. The van der Waals surface area contributed by atoms with Crippen molar-refractivity contribution in [3.63, 3.8) is 0 Å². The highest BCUT2D eigenvalue weighted by atomic mass is 16.3. The third-order valence-electron chi connectivity index (χ3n) is 5.40.